The van der Waals surface area contributed by atoms with Crippen molar-refractivity contribution in [3.8, 4) is 5.82 Å². The summed E-state index contributed by atoms with van der Waals surface area (Å²) in [6.45, 7) is 1.73. The van der Waals surface area contributed by atoms with Crippen molar-refractivity contribution < 1.29 is 13.2 Å². The van der Waals surface area contributed by atoms with Crippen molar-refractivity contribution in [3.05, 3.63) is 63.1 Å². The Hall–Kier alpha value is -2.86. The maximum atomic E-state index is 13.1. The highest BCUT2D eigenvalue weighted by Crippen LogP contribution is 2.25. The van der Waals surface area contributed by atoms with Crippen LogP contribution in [0.1, 0.15) is 29.0 Å². The monoisotopic (exact) mass is 494 g/mol. The Morgan fingerprint density at radius 2 is 1.87 bits per heavy atom. The molecule has 1 aromatic carbocycles. The number of benzene rings is 1. The number of aromatic nitrogens is 5. The predicted octanol–water partition coefficient (Wildman–Crippen LogP) is 1.36. The largest absolute Gasteiger partial charge is 0.351 e. The van der Waals surface area contributed by atoms with Gasteiger partial charge >= 0.3 is 5.69 Å². The van der Waals surface area contributed by atoms with Crippen LogP contribution in [0.25, 0.3) is 5.82 Å². The van der Waals surface area contributed by atoms with Gasteiger partial charge in [-0.25, -0.2) is 18.2 Å². The van der Waals surface area contributed by atoms with Gasteiger partial charge in [0.25, 0.3) is 5.91 Å². The van der Waals surface area contributed by atoms with Gasteiger partial charge < -0.3 is 4.90 Å². The fourth-order valence-corrected chi connectivity index (χ4v) is 4.11. The molecule has 12 heteroatoms. The number of nitrogens with zero attached hydrogens (tertiary/aromatic N) is 6. The van der Waals surface area contributed by atoms with E-state index in [9.17, 15) is 18.0 Å². The summed E-state index contributed by atoms with van der Waals surface area (Å²) >= 11 is 3.25. The fourth-order valence-electron chi connectivity index (χ4n) is 2.79. The Labute approximate surface area is 181 Å². The van der Waals surface area contributed by atoms with E-state index in [-0.39, 0.29) is 16.3 Å². The summed E-state index contributed by atoms with van der Waals surface area (Å²) in [5.41, 5.74) is 0.162. The van der Waals surface area contributed by atoms with Crippen LogP contribution in [0.15, 0.2) is 51.1 Å². The molecule has 30 heavy (non-hydrogen) atoms. The molecular formula is C18H19BrN6O4S. The summed E-state index contributed by atoms with van der Waals surface area (Å²) in [5, 5.41) is 4.03. The number of aryl methyl sites for hydroxylation is 1. The van der Waals surface area contributed by atoms with Crippen molar-refractivity contribution in [2.75, 3.05) is 13.3 Å². The van der Waals surface area contributed by atoms with Crippen LogP contribution >= 0.6 is 15.9 Å². The Balaban J connectivity index is 2.01. The van der Waals surface area contributed by atoms with E-state index in [0.717, 1.165) is 10.9 Å². The van der Waals surface area contributed by atoms with Crippen molar-refractivity contribution >= 4 is 31.7 Å². The van der Waals surface area contributed by atoms with Crippen LogP contribution in [0, 0.1) is 0 Å². The molecule has 158 valence electrons. The molecule has 1 unspecified atom stereocenters. The molecule has 0 radical (unpaired) electrons. The van der Waals surface area contributed by atoms with Crippen LogP contribution in [0.3, 0.4) is 0 Å². The first kappa shape index (κ1) is 21.8. The molecule has 10 nitrogen and oxygen atoms in total. The van der Waals surface area contributed by atoms with E-state index in [2.05, 4.69) is 31.0 Å². The van der Waals surface area contributed by atoms with E-state index in [1.807, 2.05) is 0 Å². The van der Waals surface area contributed by atoms with E-state index in [4.69, 9.17) is 0 Å². The van der Waals surface area contributed by atoms with Crippen LogP contribution in [0.5, 0.6) is 0 Å². The van der Waals surface area contributed by atoms with Gasteiger partial charge in [0.2, 0.25) is 0 Å². The third kappa shape index (κ3) is 4.19. The Morgan fingerprint density at radius 1 is 1.20 bits per heavy atom. The van der Waals surface area contributed by atoms with Crippen LogP contribution in [0.2, 0.25) is 0 Å². The summed E-state index contributed by atoms with van der Waals surface area (Å²) in [4.78, 5) is 35.3. The molecule has 0 aliphatic carbocycles. The molecule has 0 saturated carbocycles. The van der Waals surface area contributed by atoms with Crippen LogP contribution < -0.4 is 5.69 Å². The zero-order valence-electron chi connectivity index (χ0n) is 16.6. The summed E-state index contributed by atoms with van der Waals surface area (Å²) < 4.78 is 26.7. The van der Waals surface area contributed by atoms with E-state index < -0.39 is 27.5 Å². The lowest BCUT2D eigenvalue weighted by Gasteiger charge is -2.25. The second-order valence-electron chi connectivity index (χ2n) is 6.74. The molecule has 3 aromatic rings. The minimum Gasteiger partial charge on any atom is -0.333 e. The highest BCUT2D eigenvalue weighted by molar-refractivity contribution is 9.10. The molecule has 1 amide bonds. The van der Waals surface area contributed by atoms with Crippen molar-refractivity contribution in [2.24, 2.45) is 7.05 Å². The molecular weight excluding hydrogens is 476 g/mol. The molecule has 1 atom stereocenters. The van der Waals surface area contributed by atoms with Crippen LogP contribution in [-0.4, -0.2) is 56.8 Å². The van der Waals surface area contributed by atoms with E-state index in [1.54, 1.807) is 27.1 Å². The lowest BCUT2D eigenvalue weighted by atomic mass is 10.1. The molecule has 0 fully saturated rings. The summed E-state index contributed by atoms with van der Waals surface area (Å²) in [5.74, 6) is -0.208. The molecule has 0 saturated heterocycles. The average Bonchev–Trinajstić information content (AvgIpc) is 3.03. The second kappa shape index (κ2) is 8.11. The molecule has 0 aliphatic heterocycles. The molecule has 0 bridgehead atoms. The predicted molar refractivity (Wildman–Crippen MR) is 112 cm³/mol. The highest BCUT2D eigenvalue weighted by atomic mass is 79.9. The molecule has 2 heterocycles. The third-order valence-electron chi connectivity index (χ3n) is 4.57. The van der Waals surface area contributed by atoms with Gasteiger partial charge in [-0.2, -0.15) is 9.78 Å². The van der Waals surface area contributed by atoms with Crippen molar-refractivity contribution in [1.82, 2.24) is 29.2 Å². The first-order valence-electron chi connectivity index (χ1n) is 8.70. The minimum absolute atomic E-state index is 0.0292. The summed E-state index contributed by atoms with van der Waals surface area (Å²) in [7, 11) is -0.370. The standard InChI is InChI=1S/C18H19BrN6O4S/c1-11(15-16(21-6-5-20-15)25-18(27)23(2)10-22-25)24(3)17(26)12-7-13(19)9-14(8-12)30(4,28)29/h5-11H,1-4H3. The number of amides is 1. The number of carbonyl (C=O) groups is 1. The van der Waals surface area contributed by atoms with Gasteiger partial charge in [-0.15, -0.1) is 0 Å². The summed E-state index contributed by atoms with van der Waals surface area (Å²) in [6.07, 6.45) is 5.32. The Kier molecular flexibility index (Phi) is 5.90. The van der Waals surface area contributed by atoms with Crippen LogP contribution in [0.4, 0.5) is 0 Å². The maximum absolute atomic E-state index is 13.1. The van der Waals surface area contributed by atoms with Gasteiger partial charge in [0.15, 0.2) is 15.7 Å². The second-order valence-corrected chi connectivity index (χ2v) is 9.67. The summed E-state index contributed by atoms with van der Waals surface area (Å²) in [6, 6.07) is 3.72. The smallest absolute Gasteiger partial charge is 0.333 e. The first-order valence-corrected chi connectivity index (χ1v) is 11.4. The zero-order valence-corrected chi connectivity index (χ0v) is 19.0. The quantitative estimate of drug-likeness (QED) is 0.524. The maximum Gasteiger partial charge on any atom is 0.351 e. The zero-order chi connectivity index (χ0) is 22.2. The van der Waals surface area contributed by atoms with Gasteiger partial charge in [-0.3, -0.25) is 14.3 Å². The minimum atomic E-state index is -3.50. The van der Waals surface area contributed by atoms with E-state index in [1.165, 1.54) is 40.3 Å². The average molecular weight is 495 g/mol. The number of rotatable bonds is 5. The van der Waals surface area contributed by atoms with Crippen molar-refractivity contribution in [2.45, 2.75) is 17.9 Å². The normalized spacial score (nSPS) is 12.6. The van der Waals surface area contributed by atoms with Crippen molar-refractivity contribution in [3.63, 3.8) is 0 Å². The third-order valence-corrected chi connectivity index (χ3v) is 6.12. The number of halogens is 1. The number of hydrogen-bond donors (Lipinski definition) is 0. The molecule has 2 aromatic heterocycles. The molecule has 3 rings (SSSR count). The molecule has 0 aliphatic rings. The fraction of sp³-hybridized carbons (Fsp3) is 0.278. The Morgan fingerprint density at radius 3 is 2.47 bits per heavy atom. The van der Waals surface area contributed by atoms with Gasteiger partial charge in [-0.05, 0) is 25.1 Å². The van der Waals surface area contributed by atoms with Gasteiger partial charge in [-0.1, -0.05) is 15.9 Å². The van der Waals surface area contributed by atoms with E-state index in [0.29, 0.717) is 10.2 Å². The van der Waals surface area contributed by atoms with Gasteiger partial charge in [0.05, 0.1) is 10.9 Å². The van der Waals surface area contributed by atoms with Crippen molar-refractivity contribution in [1.29, 1.82) is 0 Å². The lowest BCUT2D eigenvalue weighted by Crippen LogP contribution is -2.32. The van der Waals surface area contributed by atoms with Gasteiger partial charge in [0, 0.05) is 42.8 Å². The van der Waals surface area contributed by atoms with E-state index >= 15 is 0 Å². The Bertz CT molecular complexity index is 1280. The number of sulfone groups is 1. The van der Waals surface area contributed by atoms with Gasteiger partial charge in [0.1, 0.15) is 12.0 Å². The first-order chi connectivity index (χ1) is 14.0. The SMILES string of the molecule is CC(c1nccnc1-n1ncn(C)c1=O)N(C)C(=O)c1cc(Br)cc(S(C)(=O)=O)c1. The molecule has 0 N–H and O–H groups in total. The van der Waals surface area contributed by atoms with Crippen LogP contribution in [-0.2, 0) is 16.9 Å². The topological polar surface area (TPSA) is 120 Å². The number of carbonyl (C=O) groups excluding carboxylic acids is 1. The molecule has 0 spiro atoms. The highest BCUT2D eigenvalue weighted by Gasteiger charge is 2.25. The number of hydrogen-bond acceptors (Lipinski definition) is 7. The lowest BCUT2D eigenvalue weighted by molar-refractivity contribution is 0.0739.